The highest BCUT2D eigenvalue weighted by atomic mass is 16.1. The maximum atomic E-state index is 11.9. The summed E-state index contributed by atoms with van der Waals surface area (Å²) in [5.41, 5.74) is 13.5. The van der Waals surface area contributed by atoms with Crippen molar-refractivity contribution in [3.8, 4) is 22.3 Å². The summed E-state index contributed by atoms with van der Waals surface area (Å²) in [4.78, 5) is 11.9. The standard InChI is InChI=1S/C21H18O.C16H20.C3H6/c1-15-12-13-18(17-8-4-3-5-9-17)14-21(15)20-11-7-6-10-19(20)16(2)22;1-7-14(11(2)3)16-10-13(6)8-9-15(16)12(4)5;1-3-2/h3-14H,1-2H3;7-10H,2,4H2,1,3,5-6H3;3H,1H2,2H3/b;14-7+;. The van der Waals surface area contributed by atoms with Crippen molar-refractivity contribution in [1.82, 2.24) is 0 Å². The Balaban J connectivity index is 0.000000274. The van der Waals surface area contributed by atoms with Gasteiger partial charge in [-0.3, -0.25) is 4.79 Å². The molecule has 0 atom stereocenters. The molecule has 0 bridgehead atoms. The zero-order valence-corrected chi connectivity index (χ0v) is 25.8. The first-order valence-corrected chi connectivity index (χ1v) is 14.0. The molecule has 0 radical (unpaired) electrons. The molecule has 0 saturated heterocycles. The summed E-state index contributed by atoms with van der Waals surface area (Å²) in [6, 6.07) is 31.0. The van der Waals surface area contributed by atoms with Crippen LogP contribution in [0.2, 0.25) is 0 Å². The summed E-state index contributed by atoms with van der Waals surface area (Å²) >= 11 is 0. The lowest BCUT2D eigenvalue weighted by molar-refractivity contribution is 0.101. The normalized spacial score (nSPS) is 10.4. The van der Waals surface area contributed by atoms with Crippen molar-refractivity contribution in [1.29, 1.82) is 0 Å². The number of aryl methyl sites for hydroxylation is 2. The topological polar surface area (TPSA) is 17.1 Å². The number of ketones is 1. The van der Waals surface area contributed by atoms with Crippen LogP contribution in [0.3, 0.4) is 0 Å². The molecule has 41 heavy (non-hydrogen) atoms. The Morgan fingerprint density at radius 1 is 0.659 bits per heavy atom. The minimum atomic E-state index is 0.0973. The molecule has 0 aliphatic carbocycles. The molecule has 4 aromatic rings. The Bertz CT molecular complexity index is 1550. The number of carbonyl (C=O) groups is 1. The Labute approximate surface area is 248 Å². The molecular weight excluding hydrogens is 496 g/mol. The highest BCUT2D eigenvalue weighted by molar-refractivity contribution is 6.01. The lowest BCUT2D eigenvalue weighted by Crippen LogP contribution is -1.97. The van der Waals surface area contributed by atoms with Gasteiger partial charge in [0.1, 0.15) is 0 Å². The van der Waals surface area contributed by atoms with Crippen molar-refractivity contribution in [2.45, 2.75) is 48.5 Å². The van der Waals surface area contributed by atoms with Crippen molar-refractivity contribution in [3.63, 3.8) is 0 Å². The monoisotopic (exact) mass is 540 g/mol. The first-order valence-electron chi connectivity index (χ1n) is 14.0. The van der Waals surface area contributed by atoms with Gasteiger partial charge in [0.05, 0.1) is 0 Å². The van der Waals surface area contributed by atoms with Gasteiger partial charge >= 0.3 is 0 Å². The SMILES string of the molecule is C=C(C)/C(=C\C)c1cc(C)ccc1C(=C)C.C=CC.CC(=O)c1ccccc1-c1cc(-c2ccccc2)ccc1C. The number of hydrogen-bond acceptors (Lipinski definition) is 1. The fourth-order valence-corrected chi connectivity index (χ4v) is 4.63. The average molecular weight is 541 g/mol. The largest absolute Gasteiger partial charge is 0.294 e. The molecule has 0 aliphatic rings. The third-order valence-corrected chi connectivity index (χ3v) is 6.61. The molecule has 0 saturated carbocycles. The number of carbonyl (C=O) groups excluding carboxylic acids is 1. The molecule has 4 aromatic carbocycles. The minimum Gasteiger partial charge on any atom is -0.294 e. The number of allylic oxidation sites excluding steroid dienone is 5. The first kappa shape index (κ1) is 32.7. The van der Waals surface area contributed by atoms with Crippen molar-refractivity contribution in [2.75, 3.05) is 0 Å². The molecule has 0 aromatic heterocycles. The summed E-state index contributed by atoms with van der Waals surface area (Å²) in [6.45, 7) is 25.3. The number of Topliss-reactive ketones (excluding diaryl/α,β-unsaturated/α-hetero) is 1. The van der Waals surface area contributed by atoms with Gasteiger partial charge in [-0.05, 0) is 99.0 Å². The molecule has 0 unspecified atom stereocenters. The summed E-state index contributed by atoms with van der Waals surface area (Å²) in [5, 5.41) is 0. The van der Waals surface area contributed by atoms with Crippen LogP contribution in [0.5, 0.6) is 0 Å². The summed E-state index contributed by atoms with van der Waals surface area (Å²) < 4.78 is 0. The van der Waals surface area contributed by atoms with E-state index in [1.54, 1.807) is 13.0 Å². The van der Waals surface area contributed by atoms with Gasteiger partial charge in [-0.25, -0.2) is 0 Å². The van der Waals surface area contributed by atoms with Crippen molar-refractivity contribution >= 4 is 16.9 Å². The van der Waals surface area contributed by atoms with Gasteiger partial charge in [0.15, 0.2) is 5.78 Å². The van der Waals surface area contributed by atoms with Gasteiger partial charge in [0, 0.05) is 5.56 Å². The van der Waals surface area contributed by atoms with E-state index in [4.69, 9.17) is 0 Å². The van der Waals surface area contributed by atoms with E-state index >= 15 is 0 Å². The van der Waals surface area contributed by atoms with Crippen molar-refractivity contribution in [3.05, 3.63) is 156 Å². The van der Waals surface area contributed by atoms with Gasteiger partial charge in [0.25, 0.3) is 0 Å². The lowest BCUT2D eigenvalue weighted by Gasteiger charge is -2.14. The zero-order chi connectivity index (χ0) is 30.5. The first-order chi connectivity index (χ1) is 19.5. The number of hydrogen-bond donors (Lipinski definition) is 0. The molecule has 4 rings (SSSR count). The van der Waals surface area contributed by atoms with Crippen LogP contribution in [0.25, 0.3) is 33.4 Å². The Hall–Kier alpha value is -4.49. The van der Waals surface area contributed by atoms with E-state index in [2.05, 4.69) is 95.1 Å². The maximum absolute atomic E-state index is 11.9. The summed E-state index contributed by atoms with van der Waals surface area (Å²) in [7, 11) is 0. The molecule has 0 fully saturated rings. The van der Waals surface area contributed by atoms with Crippen LogP contribution in [0.4, 0.5) is 0 Å². The lowest BCUT2D eigenvalue weighted by atomic mass is 9.91. The van der Waals surface area contributed by atoms with Crippen LogP contribution in [-0.4, -0.2) is 5.78 Å². The summed E-state index contributed by atoms with van der Waals surface area (Å²) in [5.74, 6) is 0.0973. The number of benzene rings is 4. The maximum Gasteiger partial charge on any atom is 0.160 e. The molecule has 0 aliphatic heterocycles. The van der Waals surface area contributed by atoms with E-state index in [-0.39, 0.29) is 5.78 Å². The van der Waals surface area contributed by atoms with E-state index in [1.165, 1.54) is 39.0 Å². The fourth-order valence-electron chi connectivity index (χ4n) is 4.63. The summed E-state index contributed by atoms with van der Waals surface area (Å²) in [6.07, 6.45) is 3.86. The molecule has 0 heterocycles. The molecule has 1 heteroatoms. The second-order valence-corrected chi connectivity index (χ2v) is 10.2. The van der Waals surface area contributed by atoms with E-state index in [0.717, 1.165) is 27.8 Å². The van der Waals surface area contributed by atoms with Crippen molar-refractivity contribution in [2.24, 2.45) is 0 Å². The molecule has 0 spiro atoms. The predicted octanol–water partition coefficient (Wildman–Crippen LogP) is 11.7. The van der Waals surface area contributed by atoms with Crippen LogP contribution < -0.4 is 0 Å². The molecule has 1 nitrogen and oxygen atoms in total. The van der Waals surface area contributed by atoms with Crippen LogP contribution in [0.15, 0.2) is 128 Å². The van der Waals surface area contributed by atoms with Crippen molar-refractivity contribution < 1.29 is 4.79 Å². The van der Waals surface area contributed by atoms with E-state index < -0.39 is 0 Å². The van der Waals surface area contributed by atoms with Crippen LogP contribution in [0, 0.1) is 13.8 Å². The van der Waals surface area contributed by atoms with E-state index in [1.807, 2.05) is 63.2 Å². The van der Waals surface area contributed by atoms with Crippen LogP contribution in [-0.2, 0) is 0 Å². The zero-order valence-electron chi connectivity index (χ0n) is 25.8. The minimum absolute atomic E-state index is 0.0973. The highest BCUT2D eigenvalue weighted by Crippen LogP contribution is 2.32. The van der Waals surface area contributed by atoms with E-state index in [9.17, 15) is 4.79 Å². The second-order valence-electron chi connectivity index (χ2n) is 10.2. The molecule has 210 valence electrons. The van der Waals surface area contributed by atoms with Gasteiger partial charge in [-0.15, -0.1) is 6.58 Å². The molecule has 0 N–H and O–H groups in total. The Kier molecular flexibility index (Phi) is 12.7. The Morgan fingerprint density at radius 3 is 1.83 bits per heavy atom. The number of rotatable bonds is 6. The third-order valence-electron chi connectivity index (χ3n) is 6.61. The van der Waals surface area contributed by atoms with Gasteiger partial charge in [-0.2, -0.15) is 0 Å². The van der Waals surface area contributed by atoms with E-state index in [0.29, 0.717) is 0 Å². The van der Waals surface area contributed by atoms with Gasteiger partial charge < -0.3 is 0 Å². The van der Waals surface area contributed by atoms with Crippen LogP contribution >= 0.6 is 0 Å². The smallest absolute Gasteiger partial charge is 0.160 e. The molecular formula is C40H44O. The second kappa shape index (κ2) is 15.9. The van der Waals surface area contributed by atoms with Gasteiger partial charge in [-0.1, -0.05) is 127 Å². The third kappa shape index (κ3) is 9.01. The average Bonchev–Trinajstić information content (AvgIpc) is 2.95. The molecule has 0 amide bonds. The quantitative estimate of drug-likeness (QED) is 0.135. The van der Waals surface area contributed by atoms with Gasteiger partial charge in [0.2, 0.25) is 0 Å². The Morgan fingerprint density at radius 2 is 1.27 bits per heavy atom. The van der Waals surface area contributed by atoms with Crippen LogP contribution in [0.1, 0.15) is 67.2 Å². The predicted molar refractivity (Wildman–Crippen MR) is 182 cm³/mol. The highest BCUT2D eigenvalue weighted by Gasteiger charge is 2.12. The fraction of sp³-hybridized carbons (Fsp3) is 0.175.